The minimum Gasteiger partial charge on any atom is -0.507 e. The van der Waals surface area contributed by atoms with Crippen molar-refractivity contribution in [2.75, 3.05) is 0 Å². The second-order valence-electron chi connectivity index (χ2n) is 8.77. The van der Waals surface area contributed by atoms with Crippen LogP contribution in [-0.2, 0) is 26.4 Å². The molecule has 3 rings (SSSR count). The molecule has 0 spiro atoms. The van der Waals surface area contributed by atoms with Crippen molar-refractivity contribution in [2.24, 2.45) is 0 Å². The number of aromatic hydroxyl groups is 1. The maximum Gasteiger partial charge on any atom is 0.326 e. The number of benzene rings is 3. The van der Waals surface area contributed by atoms with Gasteiger partial charge in [0.2, 0.25) is 0 Å². The lowest BCUT2D eigenvalue weighted by Crippen LogP contribution is -2.42. The molecule has 0 saturated heterocycles. The summed E-state index contributed by atoms with van der Waals surface area (Å²) in [5, 5.41) is 32.3. The first-order chi connectivity index (χ1) is 18.3. The van der Waals surface area contributed by atoms with Gasteiger partial charge in [-0.2, -0.15) is 0 Å². The van der Waals surface area contributed by atoms with Crippen molar-refractivity contribution in [1.82, 2.24) is 5.32 Å². The van der Waals surface area contributed by atoms with E-state index in [-0.39, 0.29) is 32.7 Å². The van der Waals surface area contributed by atoms with Gasteiger partial charge in [-0.15, -0.1) is 0 Å². The minimum absolute atomic E-state index is 0.0271. The van der Waals surface area contributed by atoms with Gasteiger partial charge in [-0.3, -0.25) is 4.79 Å². The third kappa shape index (κ3) is 8.74. The average Bonchev–Trinajstić information content (AvgIpc) is 2.86. The van der Waals surface area contributed by atoms with E-state index in [0.717, 1.165) is 0 Å². The van der Waals surface area contributed by atoms with Gasteiger partial charge in [0.05, 0.1) is 30.4 Å². The molecule has 3 atom stereocenters. The number of nitrogens with one attached hydrogen (secondary N) is 1. The number of carboxylic acid groups (broad SMARTS) is 1. The number of hydrogen-bond acceptors (Lipinski definition) is 5. The molecule has 0 saturated carbocycles. The molecule has 11 heteroatoms. The number of aliphatic hydroxyl groups is 1. The number of aliphatic carboxylic acids is 1. The van der Waals surface area contributed by atoms with Crippen LogP contribution in [0.1, 0.15) is 33.5 Å². The Bertz CT molecular complexity index is 1480. The second kappa shape index (κ2) is 13.4. The summed E-state index contributed by atoms with van der Waals surface area (Å²) in [5.74, 6) is 1.45. The molecule has 0 aliphatic heterocycles. The number of aryl methyl sites for hydroxylation is 1. The number of amides is 1. The lowest BCUT2D eigenvalue weighted by molar-refractivity contribution is -0.139. The van der Waals surface area contributed by atoms with Crippen LogP contribution >= 0.6 is 33.9 Å². The van der Waals surface area contributed by atoms with Crippen LogP contribution in [0, 0.1) is 0 Å². The highest BCUT2D eigenvalue weighted by molar-refractivity contribution is 8.21. The molecule has 0 radical (unpaired) electrons. The molecule has 7 nitrogen and oxygen atoms in total. The Kier molecular flexibility index (Phi) is 10.5. The van der Waals surface area contributed by atoms with Gasteiger partial charge in [0.25, 0.3) is 5.91 Å². The molecule has 0 bridgehead atoms. The zero-order chi connectivity index (χ0) is 28.7. The van der Waals surface area contributed by atoms with Crippen LogP contribution in [0.2, 0.25) is 10.0 Å². The number of carbonyl (C=O) groups excluding carboxylic acids is 1. The summed E-state index contributed by atoms with van der Waals surface area (Å²) in [6.45, 7) is 0. The van der Waals surface area contributed by atoms with Crippen LogP contribution in [0.5, 0.6) is 5.75 Å². The molecule has 206 valence electrons. The van der Waals surface area contributed by atoms with Crippen LogP contribution in [-0.4, -0.2) is 49.4 Å². The van der Waals surface area contributed by atoms with E-state index in [2.05, 4.69) is 11.2 Å². The van der Waals surface area contributed by atoms with Crippen molar-refractivity contribution in [1.29, 1.82) is 0 Å². The smallest absolute Gasteiger partial charge is 0.326 e. The van der Waals surface area contributed by atoms with E-state index in [1.54, 1.807) is 48.6 Å². The molecular formula is C28H26Cl3NO6S. The first-order valence-corrected chi connectivity index (χ1v) is 15.0. The molecule has 0 heterocycles. The number of rotatable bonds is 11. The molecule has 4 N–H and O–H groups in total. The van der Waals surface area contributed by atoms with Crippen molar-refractivity contribution in [3.63, 3.8) is 0 Å². The summed E-state index contributed by atoms with van der Waals surface area (Å²) in [4.78, 5) is 25.1. The third-order valence-corrected chi connectivity index (χ3v) is 7.87. The van der Waals surface area contributed by atoms with Gasteiger partial charge in [0, 0.05) is 16.9 Å². The highest BCUT2D eigenvalue weighted by Crippen LogP contribution is 2.28. The maximum atomic E-state index is 13.0. The van der Waals surface area contributed by atoms with Crippen LogP contribution < -0.4 is 5.32 Å². The van der Waals surface area contributed by atoms with E-state index in [0.29, 0.717) is 29.5 Å². The molecule has 3 aromatic rings. The Hall–Kier alpha value is -3.01. The molecule has 2 unspecified atom stereocenters. The lowest BCUT2D eigenvalue weighted by atomic mass is 10.0. The number of aliphatic hydroxyl groups excluding tert-OH is 1. The second-order valence-corrected chi connectivity index (χ2v) is 12.7. The van der Waals surface area contributed by atoms with Crippen molar-refractivity contribution < 1.29 is 29.1 Å². The zero-order valence-electron chi connectivity index (χ0n) is 20.5. The largest absolute Gasteiger partial charge is 0.507 e. The standard InChI is InChI=1S/C28H26Cl3NO6S/c1-39(31,38)21-7-4-5-17(13-21)16-24(28(36)37)32-27(35)26-22(29)14-18(15-23(26)30)9-11-20(33)12-10-19-6-2-3-8-25(19)34/h2-8,10,12-15,20,24,33-34H,1,9,11,16H2,(H,32,35)(H,36,37)/b12-10+/t20?,24-,39?/m0/s1. The zero-order valence-corrected chi connectivity index (χ0v) is 23.6. The van der Waals surface area contributed by atoms with Gasteiger partial charge < -0.3 is 20.6 Å². The van der Waals surface area contributed by atoms with E-state index < -0.39 is 32.8 Å². The van der Waals surface area contributed by atoms with E-state index in [9.17, 15) is 29.1 Å². The van der Waals surface area contributed by atoms with Gasteiger partial charge in [-0.25, -0.2) is 9.00 Å². The molecule has 0 fully saturated rings. The lowest BCUT2D eigenvalue weighted by Gasteiger charge is -2.17. The molecule has 1 amide bonds. The number of phenolic OH excluding ortho intramolecular Hbond substituents is 1. The first kappa shape index (κ1) is 30.5. The summed E-state index contributed by atoms with van der Waals surface area (Å²) in [5.41, 5.74) is 1.65. The van der Waals surface area contributed by atoms with Gasteiger partial charge in [0.1, 0.15) is 11.8 Å². The fourth-order valence-corrected chi connectivity index (χ4v) is 5.37. The normalized spacial score (nSPS) is 14.5. The fraction of sp³-hybridized carbons (Fsp3) is 0.179. The Labute approximate surface area is 241 Å². The molecule has 39 heavy (non-hydrogen) atoms. The summed E-state index contributed by atoms with van der Waals surface area (Å²) in [7, 11) is 2.79. The minimum atomic E-state index is -3.02. The van der Waals surface area contributed by atoms with Gasteiger partial charge in [0.15, 0.2) is 0 Å². The van der Waals surface area contributed by atoms with Gasteiger partial charge in [-0.1, -0.05) is 65.7 Å². The summed E-state index contributed by atoms with van der Waals surface area (Å²) in [6.07, 6.45) is 2.97. The van der Waals surface area contributed by atoms with Crippen molar-refractivity contribution in [2.45, 2.75) is 36.3 Å². The maximum absolute atomic E-state index is 13.0. The van der Waals surface area contributed by atoms with Crippen molar-refractivity contribution >= 4 is 66.4 Å². The highest BCUT2D eigenvalue weighted by Gasteiger charge is 2.24. The predicted molar refractivity (Wildman–Crippen MR) is 156 cm³/mol. The summed E-state index contributed by atoms with van der Waals surface area (Å²) < 4.78 is 12.0. The Morgan fingerprint density at radius 3 is 2.31 bits per heavy atom. The monoisotopic (exact) mass is 609 g/mol. The number of carbonyl (C=O) groups is 2. The first-order valence-electron chi connectivity index (χ1n) is 11.7. The molecule has 0 aliphatic carbocycles. The molecule has 3 aromatic carbocycles. The van der Waals surface area contributed by atoms with Gasteiger partial charge >= 0.3 is 5.97 Å². The van der Waals surface area contributed by atoms with Crippen LogP contribution in [0.4, 0.5) is 0 Å². The number of halogens is 3. The Morgan fingerprint density at radius 2 is 1.69 bits per heavy atom. The van der Waals surface area contributed by atoms with E-state index >= 15 is 0 Å². The molecule has 0 aromatic heterocycles. The summed E-state index contributed by atoms with van der Waals surface area (Å²) >= 11 is 12.7. The average molecular weight is 611 g/mol. The highest BCUT2D eigenvalue weighted by atomic mass is 35.7. The summed E-state index contributed by atoms with van der Waals surface area (Å²) in [6, 6.07) is 14.7. The molecule has 0 aliphatic rings. The quantitative estimate of drug-likeness (QED) is 0.171. The van der Waals surface area contributed by atoms with Crippen LogP contribution in [0.15, 0.2) is 71.6 Å². The number of hydrogen-bond donors (Lipinski definition) is 4. The van der Waals surface area contributed by atoms with Crippen molar-refractivity contribution in [3.05, 3.63) is 99.0 Å². The number of carboxylic acids is 1. The Morgan fingerprint density at radius 1 is 1.03 bits per heavy atom. The van der Waals surface area contributed by atoms with E-state index in [1.807, 2.05) is 0 Å². The van der Waals surface area contributed by atoms with E-state index in [4.69, 9.17) is 33.9 Å². The molecular weight excluding hydrogens is 585 g/mol. The fourth-order valence-electron chi connectivity index (χ4n) is 3.77. The number of phenols is 1. The topological polar surface area (TPSA) is 124 Å². The Balaban J connectivity index is 1.68. The van der Waals surface area contributed by atoms with Gasteiger partial charge in [-0.05, 0) is 70.9 Å². The predicted octanol–water partition coefficient (Wildman–Crippen LogP) is 5.36. The van der Waals surface area contributed by atoms with Crippen LogP contribution in [0.25, 0.3) is 6.08 Å². The number of para-hydroxylation sites is 1. The SMILES string of the molecule is C=S(=O)(Cl)c1cccc(C[C@H](NC(=O)c2c(Cl)cc(CCC(O)/C=C/c3ccccc3O)cc2Cl)C(=O)O)c1. The van der Waals surface area contributed by atoms with Crippen molar-refractivity contribution in [3.8, 4) is 5.75 Å². The van der Waals surface area contributed by atoms with E-state index in [1.165, 1.54) is 24.3 Å². The van der Waals surface area contributed by atoms with Crippen LogP contribution in [0.3, 0.4) is 0 Å². The third-order valence-electron chi connectivity index (χ3n) is 5.79.